The van der Waals surface area contributed by atoms with Crippen LogP contribution in [0.3, 0.4) is 0 Å². The second-order valence-electron chi connectivity index (χ2n) is 5.52. The maximum absolute atomic E-state index is 12.8. The van der Waals surface area contributed by atoms with Gasteiger partial charge in [0.05, 0.1) is 5.56 Å². The van der Waals surface area contributed by atoms with Gasteiger partial charge in [-0.05, 0) is 29.8 Å². The first-order valence-electron chi connectivity index (χ1n) is 7.64. The fraction of sp³-hybridized carbons (Fsp3) is 0.222. The van der Waals surface area contributed by atoms with Crippen molar-refractivity contribution in [2.24, 2.45) is 0 Å². The minimum atomic E-state index is -4.54. The van der Waals surface area contributed by atoms with Gasteiger partial charge in [0.25, 0.3) is 0 Å². The molecule has 4 nitrogen and oxygen atoms in total. The summed E-state index contributed by atoms with van der Waals surface area (Å²) >= 11 is 6.00. The Morgan fingerprint density at radius 1 is 1.12 bits per heavy atom. The Balaban J connectivity index is 2.10. The Morgan fingerprint density at radius 3 is 2.42 bits per heavy atom. The van der Waals surface area contributed by atoms with Crippen molar-refractivity contribution in [2.75, 3.05) is 11.4 Å². The van der Waals surface area contributed by atoms with Crippen LogP contribution in [0.15, 0.2) is 48.5 Å². The number of carbonyl (C=O) groups is 2. The summed E-state index contributed by atoms with van der Waals surface area (Å²) in [5, 5.41) is 3.08. The highest BCUT2D eigenvalue weighted by atomic mass is 35.5. The van der Waals surface area contributed by atoms with E-state index < -0.39 is 30.1 Å². The van der Waals surface area contributed by atoms with Gasteiger partial charge in [-0.1, -0.05) is 35.9 Å². The summed E-state index contributed by atoms with van der Waals surface area (Å²) in [5.74, 6) is -1.06. The number of alkyl halides is 3. The van der Waals surface area contributed by atoms with E-state index in [0.29, 0.717) is 10.6 Å². The molecule has 0 aliphatic heterocycles. The first kappa shape index (κ1) is 19.8. The van der Waals surface area contributed by atoms with E-state index in [1.54, 1.807) is 24.3 Å². The van der Waals surface area contributed by atoms with Crippen LogP contribution in [0.4, 0.5) is 18.9 Å². The van der Waals surface area contributed by atoms with Crippen molar-refractivity contribution in [1.29, 1.82) is 0 Å². The zero-order chi connectivity index (χ0) is 19.3. The Kier molecular flexibility index (Phi) is 6.26. The second kappa shape index (κ2) is 8.23. The molecule has 0 aromatic heterocycles. The van der Waals surface area contributed by atoms with Gasteiger partial charge in [0.2, 0.25) is 11.8 Å². The van der Waals surface area contributed by atoms with Crippen LogP contribution in [0.1, 0.15) is 18.1 Å². The Hall–Kier alpha value is -2.54. The van der Waals surface area contributed by atoms with Crippen molar-refractivity contribution in [2.45, 2.75) is 19.6 Å². The van der Waals surface area contributed by atoms with E-state index in [4.69, 9.17) is 11.6 Å². The number of amides is 2. The number of rotatable bonds is 5. The fourth-order valence-electron chi connectivity index (χ4n) is 2.27. The van der Waals surface area contributed by atoms with Crippen LogP contribution in [0, 0.1) is 0 Å². The van der Waals surface area contributed by atoms with Crippen LogP contribution in [-0.4, -0.2) is 18.4 Å². The van der Waals surface area contributed by atoms with Gasteiger partial charge in [-0.15, -0.1) is 0 Å². The van der Waals surface area contributed by atoms with E-state index in [9.17, 15) is 22.8 Å². The molecule has 2 rings (SSSR count). The molecule has 0 aliphatic carbocycles. The van der Waals surface area contributed by atoms with Gasteiger partial charge in [0.15, 0.2) is 0 Å². The number of hydrogen-bond acceptors (Lipinski definition) is 2. The fourth-order valence-corrected chi connectivity index (χ4v) is 2.47. The summed E-state index contributed by atoms with van der Waals surface area (Å²) in [4.78, 5) is 24.9. The molecule has 0 saturated carbocycles. The number of nitrogens with one attached hydrogen (secondary N) is 1. The summed E-state index contributed by atoms with van der Waals surface area (Å²) in [5.41, 5.74) is -0.200. The molecular weight excluding hydrogens is 369 g/mol. The summed E-state index contributed by atoms with van der Waals surface area (Å²) < 4.78 is 38.5. The van der Waals surface area contributed by atoms with E-state index in [1.165, 1.54) is 19.1 Å². The van der Waals surface area contributed by atoms with Gasteiger partial charge in [0.1, 0.15) is 6.54 Å². The zero-order valence-corrected chi connectivity index (χ0v) is 14.6. The van der Waals surface area contributed by atoms with Gasteiger partial charge < -0.3 is 10.2 Å². The largest absolute Gasteiger partial charge is 0.416 e. The SMILES string of the molecule is CC(=O)N(CC(=O)NCc1ccccc1Cl)c1cccc(C(F)(F)F)c1. The highest BCUT2D eigenvalue weighted by Gasteiger charge is 2.31. The molecule has 2 aromatic rings. The van der Waals surface area contributed by atoms with Crippen molar-refractivity contribution in [3.63, 3.8) is 0 Å². The van der Waals surface area contributed by atoms with Gasteiger partial charge >= 0.3 is 6.18 Å². The smallest absolute Gasteiger partial charge is 0.350 e. The van der Waals surface area contributed by atoms with Gasteiger partial charge in [0, 0.05) is 24.2 Å². The Labute approximate surface area is 153 Å². The molecule has 0 radical (unpaired) electrons. The molecule has 26 heavy (non-hydrogen) atoms. The summed E-state index contributed by atoms with van der Waals surface area (Å²) in [6.07, 6.45) is -4.54. The maximum atomic E-state index is 12.8. The molecule has 0 spiro atoms. The quantitative estimate of drug-likeness (QED) is 0.846. The first-order valence-corrected chi connectivity index (χ1v) is 8.01. The van der Waals surface area contributed by atoms with Gasteiger partial charge in [-0.25, -0.2) is 0 Å². The van der Waals surface area contributed by atoms with E-state index in [1.807, 2.05) is 0 Å². The first-order chi connectivity index (χ1) is 12.2. The number of carbonyl (C=O) groups excluding carboxylic acids is 2. The van der Waals surface area contributed by atoms with Crippen LogP contribution in [0.5, 0.6) is 0 Å². The van der Waals surface area contributed by atoms with Crippen LogP contribution < -0.4 is 10.2 Å². The van der Waals surface area contributed by atoms with Crippen LogP contribution in [-0.2, 0) is 22.3 Å². The minimum Gasteiger partial charge on any atom is -0.350 e. The molecule has 0 unspecified atom stereocenters. The highest BCUT2D eigenvalue weighted by Crippen LogP contribution is 2.31. The average Bonchev–Trinajstić information content (AvgIpc) is 2.58. The predicted octanol–water partition coefficient (Wildman–Crippen LogP) is 4.03. The summed E-state index contributed by atoms with van der Waals surface area (Å²) in [7, 11) is 0. The van der Waals surface area contributed by atoms with E-state index >= 15 is 0 Å². The maximum Gasteiger partial charge on any atom is 0.416 e. The molecule has 2 amide bonds. The third kappa shape index (κ3) is 5.23. The lowest BCUT2D eigenvalue weighted by Gasteiger charge is -2.22. The molecule has 0 saturated heterocycles. The molecule has 138 valence electrons. The monoisotopic (exact) mass is 384 g/mol. The molecule has 1 N–H and O–H groups in total. The van der Waals surface area contributed by atoms with Crippen molar-refractivity contribution in [3.05, 3.63) is 64.7 Å². The lowest BCUT2D eigenvalue weighted by atomic mass is 10.1. The summed E-state index contributed by atoms with van der Waals surface area (Å²) in [6.45, 7) is 0.926. The van der Waals surface area contributed by atoms with Crippen molar-refractivity contribution in [1.82, 2.24) is 5.32 Å². The minimum absolute atomic E-state index is 0.000202. The van der Waals surface area contributed by atoms with Crippen molar-refractivity contribution in [3.8, 4) is 0 Å². The van der Waals surface area contributed by atoms with E-state index in [2.05, 4.69) is 5.32 Å². The molecule has 8 heteroatoms. The lowest BCUT2D eigenvalue weighted by molar-refractivity contribution is -0.137. The third-order valence-corrected chi connectivity index (χ3v) is 3.97. The standard InChI is InChI=1S/C18H16ClF3N2O2/c1-12(25)24(15-7-4-6-14(9-15)18(20,21)22)11-17(26)23-10-13-5-2-3-8-16(13)19/h2-9H,10-11H2,1H3,(H,23,26). The Bertz CT molecular complexity index is 809. The number of anilines is 1. The van der Waals surface area contributed by atoms with Crippen molar-refractivity contribution >= 4 is 29.1 Å². The number of nitrogens with zero attached hydrogens (tertiary/aromatic N) is 1. The summed E-state index contributed by atoms with van der Waals surface area (Å²) in [6, 6.07) is 11.2. The lowest BCUT2D eigenvalue weighted by Crippen LogP contribution is -2.39. The molecule has 0 aliphatic rings. The van der Waals surface area contributed by atoms with Crippen LogP contribution in [0.2, 0.25) is 5.02 Å². The molecular formula is C18H16ClF3N2O2. The normalized spacial score (nSPS) is 11.1. The van der Waals surface area contributed by atoms with Gasteiger partial charge in [-0.3, -0.25) is 9.59 Å². The predicted molar refractivity (Wildman–Crippen MR) is 92.8 cm³/mol. The van der Waals surface area contributed by atoms with Crippen LogP contribution in [0.25, 0.3) is 0 Å². The third-order valence-electron chi connectivity index (χ3n) is 3.60. The highest BCUT2D eigenvalue weighted by molar-refractivity contribution is 6.31. The average molecular weight is 385 g/mol. The second-order valence-corrected chi connectivity index (χ2v) is 5.93. The number of benzene rings is 2. The Morgan fingerprint density at radius 2 is 1.81 bits per heavy atom. The molecule has 2 aromatic carbocycles. The topological polar surface area (TPSA) is 49.4 Å². The van der Waals surface area contributed by atoms with Crippen molar-refractivity contribution < 1.29 is 22.8 Å². The molecule has 0 atom stereocenters. The van der Waals surface area contributed by atoms with Gasteiger partial charge in [-0.2, -0.15) is 13.2 Å². The molecule has 0 bridgehead atoms. The van der Waals surface area contributed by atoms with Crippen LogP contribution >= 0.6 is 11.6 Å². The molecule has 0 heterocycles. The number of halogens is 4. The van der Waals surface area contributed by atoms with E-state index in [0.717, 1.165) is 17.0 Å². The zero-order valence-electron chi connectivity index (χ0n) is 13.8. The molecule has 0 fully saturated rings. The van der Waals surface area contributed by atoms with E-state index in [-0.39, 0.29) is 12.2 Å². The number of hydrogen-bond donors (Lipinski definition) is 1.